The predicted molar refractivity (Wildman–Crippen MR) is 123 cm³/mol. The molecule has 0 aliphatic carbocycles. The van der Waals surface area contributed by atoms with Crippen molar-refractivity contribution in [1.82, 2.24) is 21.3 Å². The molecule has 0 saturated heterocycles. The number of amides is 4. The number of ether oxygens (including phenoxy) is 2. The van der Waals surface area contributed by atoms with Gasteiger partial charge in [0.05, 0.1) is 18.3 Å². The van der Waals surface area contributed by atoms with Crippen LogP contribution in [-0.4, -0.2) is 80.3 Å². The first-order valence-corrected chi connectivity index (χ1v) is 11.4. The van der Waals surface area contributed by atoms with Crippen molar-refractivity contribution in [3.05, 3.63) is 29.8 Å². The number of carbonyl (C=O) groups is 4. The first kappa shape index (κ1) is 27.1. The molecule has 188 valence electrons. The Morgan fingerprint density at radius 3 is 2.76 bits per heavy atom. The standard InChI is InChI=1S/C23H34N4O7/c1-15(28)20-23(32)25-12-6-14-34-18-8-4-3-7-16(18)21(30)26-17(9-10-19(29)27-20)22(31)24-11-5-13-33-2/h3-4,7-8,15,17,20,28H,5-6,9-14H2,1-2H3,(H,24,31)(H,25,32)(H,26,30)(H,27,29)/t15-,17+,20+/m1/s1. The molecule has 1 aliphatic heterocycles. The number of methoxy groups -OCH3 is 1. The van der Waals surface area contributed by atoms with E-state index in [1.165, 1.54) is 6.92 Å². The fourth-order valence-electron chi connectivity index (χ4n) is 3.34. The predicted octanol–water partition coefficient (Wildman–Crippen LogP) is -0.518. The van der Waals surface area contributed by atoms with Crippen molar-refractivity contribution in [1.29, 1.82) is 0 Å². The number of hydrogen-bond acceptors (Lipinski definition) is 7. The van der Waals surface area contributed by atoms with E-state index < -0.39 is 41.8 Å². The molecule has 0 fully saturated rings. The number of nitrogens with one attached hydrogen (secondary N) is 4. The molecule has 1 aliphatic rings. The maximum absolute atomic E-state index is 13.0. The first-order valence-electron chi connectivity index (χ1n) is 11.4. The third-order valence-electron chi connectivity index (χ3n) is 5.20. The molecule has 34 heavy (non-hydrogen) atoms. The van der Waals surface area contributed by atoms with Gasteiger partial charge in [-0.05, 0) is 38.3 Å². The summed E-state index contributed by atoms with van der Waals surface area (Å²) in [5.41, 5.74) is 0.259. The molecule has 0 radical (unpaired) electrons. The number of hydrogen-bond donors (Lipinski definition) is 5. The smallest absolute Gasteiger partial charge is 0.255 e. The fraction of sp³-hybridized carbons (Fsp3) is 0.565. The normalized spacial score (nSPS) is 21.2. The summed E-state index contributed by atoms with van der Waals surface area (Å²) in [6.07, 6.45) is -0.249. The van der Waals surface area contributed by atoms with Gasteiger partial charge in [0.25, 0.3) is 5.91 Å². The van der Waals surface area contributed by atoms with Crippen molar-refractivity contribution in [3.63, 3.8) is 0 Å². The Hall–Kier alpha value is -3.18. The Morgan fingerprint density at radius 1 is 1.26 bits per heavy atom. The summed E-state index contributed by atoms with van der Waals surface area (Å²) in [4.78, 5) is 50.7. The van der Waals surface area contributed by atoms with Gasteiger partial charge in [0.15, 0.2) is 0 Å². The quantitative estimate of drug-likeness (QED) is 0.345. The average molecular weight is 479 g/mol. The van der Waals surface area contributed by atoms with E-state index in [0.717, 1.165) is 0 Å². The minimum absolute atomic E-state index is 0.00907. The highest BCUT2D eigenvalue weighted by Gasteiger charge is 2.28. The van der Waals surface area contributed by atoms with E-state index >= 15 is 0 Å². The lowest BCUT2D eigenvalue weighted by molar-refractivity contribution is -0.132. The molecular weight excluding hydrogens is 444 g/mol. The minimum Gasteiger partial charge on any atom is -0.493 e. The van der Waals surface area contributed by atoms with Crippen LogP contribution in [0.3, 0.4) is 0 Å². The van der Waals surface area contributed by atoms with Crippen molar-refractivity contribution < 1.29 is 33.8 Å². The van der Waals surface area contributed by atoms with Crippen molar-refractivity contribution in [2.45, 2.75) is 50.8 Å². The molecule has 0 bridgehead atoms. The topological polar surface area (TPSA) is 155 Å². The van der Waals surface area contributed by atoms with Crippen molar-refractivity contribution in [2.24, 2.45) is 0 Å². The highest BCUT2D eigenvalue weighted by Crippen LogP contribution is 2.18. The van der Waals surface area contributed by atoms with Crippen molar-refractivity contribution in [3.8, 4) is 5.75 Å². The highest BCUT2D eigenvalue weighted by atomic mass is 16.5. The summed E-state index contributed by atoms with van der Waals surface area (Å²) in [5.74, 6) is -1.64. The molecule has 4 amide bonds. The number of carbonyl (C=O) groups excluding carboxylic acids is 4. The van der Waals surface area contributed by atoms with Crippen LogP contribution in [0.5, 0.6) is 5.75 Å². The molecule has 0 spiro atoms. The van der Waals surface area contributed by atoms with E-state index in [2.05, 4.69) is 21.3 Å². The molecule has 5 N–H and O–H groups in total. The molecule has 1 heterocycles. The second-order valence-corrected chi connectivity index (χ2v) is 7.98. The van der Waals surface area contributed by atoms with Gasteiger partial charge in [-0.15, -0.1) is 0 Å². The van der Waals surface area contributed by atoms with Crippen LogP contribution in [0.1, 0.15) is 43.0 Å². The summed E-state index contributed by atoms with van der Waals surface area (Å²) in [7, 11) is 1.56. The number of benzene rings is 1. The maximum Gasteiger partial charge on any atom is 0.255 e. The third kappa shape index (κ3) is 8.64. The lowest BCUT2D eigenvalue weighted by atomic mass is 10.1. The number of fused-ring (bicyclic) bond motifs is 1. The lowest BCUT2D eigenvalue weighted by Gasteiger charge is -2.23. The van der Waals surface area contributed by atoms with E-state index in [9.17, 15) is 24.3 Å². The van der Waals surface area contributed by atoms with Gasteiger partial charge in [0.2, 0.25) is 17.7 Å². The molecule has 2 rings (SSSR count). The van der Waals surface area contributed by atoms with Crippen LogP contribution in [0.4, 0.5) is 0 Å². The Balaban J connectivity index is 2.22. The second-order valence-electron chi connectivity index (χ2n) is 7.98. The zero-order valence-corrected chi connectivity index (χ0v) is 19.6. The van der Waals surface area contributed by atoms with E-state index in [1.807, 2.05) is 0 Å². The van der Waals surface area contributed by atoms with E-state index in [0.29, 0.717) is 31.7 Å². The molecule has 3 atom stereocenters. The van der Waals surface area contributed by atoms with Crippen LogP contribution in [0.2, 0.25) is 0 Å². The van der Waals surface area contributed by atoms with Crippen molar-refractivity contribution >= 4 is 23.6 Å². The van der Waals surface area contributed by atoms with Crippen LogP contribution in [0.25, 0.3) is 0 Å². The Morgan fingerprint density at radius 2 is 2.03 bits per heavy atom. The Kier molecular flexibility index (Phi) is 11.3. The van der Waals surface area contributed by atoms with E-state index in [1.54, 1.807) is 31.4 Å². The minimum atomic E-state index is -1.14. The zero-order chi connectivity index (χ0) is 24.9. The number of aliphatic hydroxyl groups is 1. The number of rotatable bonds is 6. The summed E-state index contributed by atoms with van der Waals surface area (Å²) >= 11 is 0. The molecule has 1 aromatic carbocycles. The second kappa shape index (κ2) is 14.2. The van der Waals surface area contributed by atoms with Gasteiger partial charge in [-0.25, -0.2) is 0 Å². The van der Waals surface area contributed by atoms with Gasteiger partial charge in [-0.1, -0.05) is 12.1 Å². The Labute approximate surface area is 198 Å². The van der Waals surface area contributed by atoms with Crippen LogP contribution in [0, 0.1) is 0 Å². The average Bonchev–Trinajstić information content (AvgIpc) is 2.81. The van der Waals surface area contributed by atoms with Gasteiger partial charge >= 0.3 is 0 Å². The monoisotopic (exact) mass is 478 g/mol. The van der Waals surface area contributed by atoms with Crippen LogP contribution in [0.15, 0.2) is 24.3 Å². The molecule has 0 unspecified atom stereocenters. The van der Waals surface area contributed by atoms with Gasteiger partial charge in [0.1, 0.15) is 17.8 Å². The molecule has 0 aromatic heterocycles. The molecule has 11 nitrogen and oxygen atoms in total. The SMILES string of the molecule is COCCCNC(=O)[C@@H]1CCC(=O)N[C@@H]([C@@H](C)O)C(=O)NCCCOc2ccccc2C(=O)N1. The fourth-order valence-corrected chi connectivity index (χ4v) is 3.34. The highest BCUT2D eigenvalue weighted by molar-refractivity contribution is 5.99. The van der Waals surface area contributed by atoms with Gasteiger partial charge in [-0.3, -0.25) is 19.2 Å². The van der Waals surface area contributed by atoms with Crippen LogP contribution < -0.4 is 26.0 Å². The van der Waals surface area contributed by atoms with Crippen LogP contribution >= 0.6 is 0 Å². The van der Waals surface area contributed by atoms with Crippen molar-refractivity contribution in [2.75, 3.05) is 33.4 Å². The summed E-state index contributed by atoms with van der Waals surface area (Å²) < 4.78 is 10.7. The number of para-hydroxylation sites is 1. The molecule has 1 aromatic rings. The molecule has 0 saturated carbocycles. The zero-order valence-electron chi connectivity index (χ0n) is 19.6. The lowest BCUT2D eigenvalue weighted by Crippen LogP contribution is -2.53. The summed E-state index contributed by atoms with van der Waals surface area (Å²) in [5, 5.41) is 20.5. The maximum atomic E-state index is 13.0. The summed E-state index contributed by atoms with van der Waals surface area (Å²) in [6, 6.07) is 4.50. The third-order valence-corrected chi connectivity index (χ3v) is 5.20. The van der Waals surface area contributed by atoms with Gasteiger partial charge < -0.3 is 35.8 Å². The van der Waals surface area contributed by atoms with Crippen LogP contribution in [-0.2, 0) is 19.1 Å². The van der Waals surface area contributed by atoms with Gasteiger partial charge in [0, 0.05) is 33.2 Å². The molecule has 11 heteroatoms. The largest absolute Gasteiger partial charge is 0.493 e. The molecular formula is C23H34N4O7. The summed E-state index contributed by atoms with van der Waals surface area (Å²) in [6.45, 7) is 2.69. The Bertz CT molecular complexity index is 846. The van der Waals surface area contributed by atoms with Gasteiger partial charge in [-0.2, -0.15) is 0 Å². The van der Waals surface area contributed by atoms with E-state index in [4.69, 9.17) is 9.47 Å². The van der Waals surface area contributed by atoms with E-state index in [-0.39, 0.29) is 31.6 Å². The number of aliphatic hydroxyl groups excluding tert-OH is 1. The first-order chi connectivity index (χ1) is 16.3.